The van der Waals surface area contributed by atoms with Crippen molar-refractivity contribution < 1.29 is 65.5 Å². The van der Waals surface area contributed by atoms with Crippen molar-refractivity contribution in [1.82, 2.24) is 0 Å². The van der Waals surface area contributed by atoms with E-state index >= 15 is 0 Å². The molecule has 0 radical (unpaired) electrons. The molecule has 2 N–H and O–H groups in total. The minimum atomic E-state index is -6.42. The van der Waals surface area contributed by atoms with E-state index in [1.165, 1.54) is 0 Å². The van der Waals surface area contributed by atoms with Gasteiger partial charge in [0.25, 0.3) is 0 Å². The van der Waals surface area contributed by atoms with Gasteiger partial charge >= 0.3 is 43.3 Å². The molecule has 130 valence electrons. The first-order valence-corrected chi connectivity index (χ1v) is 6.62. The van der Waals surface area contributed by atoms with E-state index < -0.39 is 43.3 Å². The predicted molar refractivity (Wildman–Crippen MR) is 45.1 cm³/mol. The molecular weight excluding hydrogens is 379 g/mol. The molecule has 0 aliphatic heterocycles. The van der Waals surface area contributed by atoms with Crippen LogP contribution in [0.1, 0.15) is 0 Å². The third kappa shape index (κ3) is 5.47. The van der Waals surface area contributed by atoms with Gasteiger partial charge in [0.15, 0.2) is 0 Å². The largest absolute Gasteiger partial charge is 0.472 e. The molecule has 0 atom stereocenters. The highest BCUT2D eigenvalue weighted by Gasteiger charge is 2.67. The highest BCUT2D eigenvalue weighted by atomic mass is 32.2. The number of rotatable bonds is 3. The van der Waals surface area contributed by atoms with Crippen molar-refractivity contribution in [2.24, 2.45) is 0 Å². The van der Waals surface area contributed by atoms with Crippen LogP contribution in [-0.4, -0.2) is 49.1 Å². The lowest BCUT2D eigenvalue weighted by Crippen LogP contribution is -2.43. The molecule has 0 aliphatic carbocycles. The highest BCUT2D eigenvalue weighted by molar-refractivity contribution is 7.87. The Morgan fingerprint density at radius 3 is 1.00 bits per heavy atom. The fourth-order valence-electron chi connectivity index (χ4n) is 0.259. The molecule has 6 nitrogen and oxygen atoms in total. The van der Waals surface area contributed by atoms with Crippen molar-refractivity contribution in [1.29, 1.82) is 0 Å². The number of halogens is 9. The maximum atomic E-state index is 11.5. The summed E-state index contributed by atoms with van der Waals surface area (Å²) in [7, 11) is -12.4. The second-order valence-electron chi connectivity index (χ2n) is 2.83. The Balaban J connectivity index is 0. The maximum Gasteiger partial charge on any atom is 0.472 e. The Bertz CT molecular complexity index is 545. The molecular formula is C4H3F9O6S2. The first-order valence-electron chi connectivity index (χ1n) is 3.74. The Hall–Kier alpha value is -0.810. The van der Waals surface area contributed by atoms with E-state index in [2.05, 4.69) is 0 Å². The van der Waals surface area contributed by atoms with E-state index in [4.69, 9.17) is 9.11 Å². The molecule has 0 aromatic heterocycles. The maximum absolute atomic E-state index is 11.5. The van der Waals surface area contributed by atoms with Crippen LogP contribution in [0.3, 0.4) is 0 Å². The van der Waals surface area contributed by atoms with Gasteiger partial charge in [-0.25, -0.2) is 8.78 Å². The minimum absolute atomic E-state index is 4.41. The molecule has 0 unspecified atom stereocenters. The van der Waals surface area contributed by atoms with Crippen molar-refractivity contribution in [2.75, 3.05) is 0 Å². The Morgan fingerprint density at radius 1 is 0.714 bits per heavy atom. The fraction of sp³-hybridized carbons (Fsp3) is 1.00. The fourth-order valence-corrected chi connectivity index (χ4v) is 0.776. The predicted octanol–water partition coefficient (Wildman–Crippen LogP) is 1.76. The molecule has 0 aliphatic rings. The standard InChI is InChI=1S/C2HF5O3S.C2H2F4O3S/c3-1(4,5)2(6,7)11(8,9)10;3-1(4)2(5,6)10(7,8)9/h(H,8,9,10);1H,(H,7,8,9). The number of hydrogen-bond acceptors (Lipinski definition) is 4. The summed E-state index contributed by atoms with van der Waals surface area (Å²) >= 11 is 0. The topological polar surface area (TPSA) is 109 Å². The molecule has 0 spiro atoms. The van der Waals surface area contributed by atoms with Crippen LogP contribution in [0.4, 0.5) is 39.5 Å². The van der Waals surface area contributed by atoms with Crippen LogP contribution in [0.25, 0.3) is 0 Å². The number of alkyl halides is 9. The average molecular weight is 382 g/mol. The van der Waals surface area contributed by atoms with Crippen LogP contribution >= 0.6 is 0 Å². The van der Waals surface area contributed by atoms with Gasteiger partial charge in [0.2, 0.25) is 0 Å². The summed E-state index contributed by atoms with van der Waals surface area (Å²) in [5.74, 6) is 0. The van der Waals surface area contributed by atoms with E-state index in [-0.39, 0.29) is 0 Å². The Kier molecular flexibility index (Phi) is 6.56. The van der Waals surface area contributed by atoms with Crippen molar-refractivity contribution in [3.63, 3.8) is 0 Å². The van der Waals surface area contributed by atoms with E-state index in [1.54, 1.807) is 0 Å². The third-order valence-corrected chi connectivity index (χ3v) is 3.00. The lowest BCUT2D eigenvalue weighted by Gasteiger charge is -2.15. The lowest BCUT2D eigenvalue weighted by atomic mass is 10.7. The van der Waals surface area contributed by atoms with E-state index in [0.717, 1.165) is 0 Å². The SMILES string of the molecule is O=S(=O)(O)C(F)(F)C(F)(F)F.O=S(=O)(O)C(F)(F)C(F)F. The monoisotopic (exact) mass is 382 g/mol. The second kappa shape index (κ2) is 6.13. The third-order valence-electron chi connectivity index (χ3n) is 1.25. The summed E-state index contributed by atoms with van der Waals surface area (Å²) in [6.07, 6.45) is -10.7. The van der Waals surface area contributed by atoms with Crippen LogP contribution in [0.2, 0.25) is 0 Å². The first-order chi connectivity index (χ1) is 8.69. The zero-order chi connectivity index (χ0) is 18.1. The summed E-state index contributed by atoms with van der Waals surface area (Å²) in [5.41, 5.74) is 0. The van der Waals surface area contributed by atoms with Crippen molar-refractivity contribution in [2.45, 2.75) is 23.1 Å². The second-order valence-corrected chi connectivity index (χ2v) is 5.78. The van der Waals surface area contributed by atoms with E-state index in [1.807, 2.05) is 0 Å². The van der Waals surface area contributed by atoms with E-state index in [0.29, 0.717) is 0 Å². The smallest absolute Gasteiger partial charge is 0.281 e. The summed E-state index contributed by atoms with van der Waals surface area (Å²) in [5, 5.41) is -11.5. The van der Waals surface area contributed by atoms with Gasteiger partial charge in [0, 0.05) is 0 Å². The van der Waals surface area contributed by atoms with Gasteiger partial charge in [-0.05, 0) is 0 Å². The van der Waals surface area contributed by atoms with Crippen LogP contribution in [0.5, 0.6) is 0 Å². The summed E-state index contributed by atoms with van der Waals surface area (Å²) < 4.78 is 153. The van der Waals surface area contributed by atoms with Gasteiger partial charge in [-0.2, -0.15) is 47.6 Å². The van der Waals surface area contributed by atoms with Gasteiger partial charge in [0.1, 0.15) is 0 Å². The molecule has 0 amide bonds. The van der Waals surface area contributed by atoms with Crippen molar-refractivity contribution in [3.8, 4) is 0 Å². The van der Waals surface area contributed by atoms with E-state index in [9.17, 15) is 56.3 Å². The van der Waals surface area contributed by atoms with Crippen molar-refractivity contribution in [3.05, 3.63) is 0 Å². The highest BCUT2D eigenvalue weighted by Crippen LogP contribution is 2.38. The van der Waals surface area contributed by atoms with Gasteiger partial charge in [-0.1, -0.05) is 0 Å². The molecule has 0 fully saturated rings. The minimum Gasteiger partial charge on any atom is -0.281 e. The normalized spacial score (nSPS) is 14.7. The quantitative estimate of drug-likeness (QED) is 0.569. The van der Waals surface area contributed by atoms with Crippen molar-refractivity contribution >= 4 is 20.2 Å². The van der Waals surface area contributed by atoms with Crippen LogP contribution in [0.15, 0.2) is 0 Å². The molecule has 21 heavy (non-hydrogen) atoms. The Morgan fingerprint density at radius 2 is 1.00 bits per heavy atom. The average Bonchev–Trinajstić information content (AvgIpc) is 2.12. The van der Waals surface area contributed by atoms with Gasteiger partial charge in [0.05, 0.1) is 0 Å². The molecule has 17 heteroatoms. The molecule has 0 rings (SSSR count). The van der Waals surface area contributed by atoms with Crippen LogP contribution < -0.4 is 0 Å². The Labute approximate surface area is 110 Å². The molecule has 0 aromatic carbocycles. The van der Waals surface area contributed by atoms with Crippen LogP contribution in [-0.2, 0) is 20.2 Å². The molecule has 0 bridgehead atoms. The van der Waals surface area contributed by atoms with Gasteiger partial charge in [-0.15, -0.1) is 0 Å². The summed E-state index contributed by atoms with van der Waals surface area (Å²) in [4.78, 5) is 0. The molecule has 0 aromatic rings. The van der Waals surface area contributed by atoms with Gasteiger partial charge < -0.3 is 0 Å². The molecule has 0 saturated heterocycles. The molecule has 0 heterocycles. The van der Waals surface area contributed by atoms with Crippen LogP contribution in [0, 0.1) is 0 Å². The zero-order valence-corrected chi connectivity index (χ0v) is 10.5. The number of hydrogen-bond donors (Lipinski definition) is 2. The zero-order valence-electron chi connectivity index (χ0n) is 8.82. The summed E-state index contributed by atoms with van der Waals surface area (Å²) in [6.45, 7) is 0. The first kappa shape index (κ1) is 22.5. The summed E-state index contributed by atoms with van der Waals surface area (Å²) in [6, 6.07) is 0. The van der Waals surface area contributed by atoms with Gasteiger partial charge in [-0.3, -0.25) is 9.11 Å². The molecule has 0 saturated carbocycles. The lowest BCUT2D eigenvalue weighted by molar-refractivity contribution is -0.243.